The van der Waals surface area contributed by atoms with Gasteiger partial charge in [0.15, 0.2) is 5.78 Å². The van der Waals surface area contributed by atoms with Gasteiger partial charge in [-0.2, -0.15) is 5.10 Å². The molecule has 20 heavy (non-hydrogen) atoms. The zero-order valence-electron chi connectivity index (χ0n) is 10.6. The summed E-state index contributed by atoms with van der Waals surface area (Å²) in [7, 11) is 0. The number of benzene rings is 1. The van der Waals surface area contributed by atoms with Crippen LogP contribution in [0.3, 0.4) is 0 Å². The number of rotatable bonds is 2. The lowest BCUT2D eigenvalue weighted by atomic mass is 9.78. The average Bonchev–Trinajstić information content (AvgIpc) is 2.91. The van der Waals surface area contributed by atoms with Gasteiger partial charge in [0.05, 0.1) is 6.42 Å². The summed E-state index contributed by atoms with van der Waals surface area (Å²) < 4.78 is 1.53. The van der Waals surface area contributed by atoms with Crippen LogP contribution in [-0.4, -0.2) is 26.3 Å². The summed E-state index contributed by atoms with van der Waals surface area (Å²) in [5.41, 5.74) is 0.874. The van der Waals surface area contributed by atoms with Gasteiger partial charge in [0, 0.05) is 17.4 Å². The van der Waals surface area contributed by atoms with Crippen molar-refractivity contribution in [1.82, 2.24) is 14.8 Å². The number of carbonyl (C=O) groups is 2. The van der Waals surface area contributed by atoms with Crippen molar-refractivity contribution in [1.29, 1.82) is 0 Å². The molecule has 0 radical (unpaired) electrons. The summed E-state index contributed by atoms with van der Waals surface area (Å²) in [5, 5.41) is 4.64. The van der Waals surface area contributed by atoms with Crippen LogP contribution in [-0.2, 0) is 9.59 Å². The lowest BCUT2D eigenvalue weighted by Crippen LogP contribution is -2.34. The highest BCUT2D eigenvalue weighted by Crippen LogP contribution is 2.37. The summed E-state index contributed by atoms with van der Waals surface area (Å²) in [6.45, 7) is 0. The first kappa shape index (κ1) is 13.0. The van der Waals surface area contributed by atoms with Crippen LogP contribution < -0.4 is 0 Å². The number of Topliss-reactive ketones (excluding diaryl/α,β-unsaturated/α-hetero) is 2. The third kappa shape index (κ3) is 2.36. The van der Waals surface area contributed by atoms with E-state index in [1.165, 1.54) is 17.3 Å². The zero-order valence-corrected chi connectivity index (χ0v) is 11.3. The lowest BCUT2D eigenvalue weighted by Gasteiger charge is -2.29. The van der Waals surface area contributed by atoms with E-state index in [9.17, 15) is 9.59 Å². The third-order valence-electron chi connectivity index (χ3n) is 3.53. The minimum absolute atomic E-state index is 0.0401. The van der Waals surface area contributed by atoms with Crippen molar-refractivity contribution in [3.63, 3.8) is 0 Å². The first-order valence-electron chi connectivity index (χ1n) is 6.29. The molecule has 3 rings (SSSR count). The number of carbonyl (C=O) groups excluding carboxylic acids is 2. The Hall–Kier alpha value is -2.01. The zero-order chi connectivity index (χ0) is 14.1. The van der Waals surface area contributed by atoms with Crippen LogP contribution in [0.25, 0.3) is 0 Å². The molecule has 0 bridgehead atoms. The predicted molar refractivity (Wildman–Crippen MR) is 72.5 cm³/mol. The van der Waals surface area contributed by atoms with Crippen LogP contribution >= 0.6 is 11.6 Å². The Balaban J connectivity index is 2.04. The maximum absolute atomic E-state index is 12.2. The quantitative estimate of drug-likeness (QED) is 0.795. The molecular weight excluding hydrogens is 278 g/mol. The lowest BCUT2D eigenvalue weighted by molar-refractivity contribution is -0.133. The summed E-state index contributed by atoms with van der Waals surface area (Å²) >= 11 is 6.00. The molecule has 2 atom stereocenters. The van der Waals surface area contributed by atoms with E-state index in [2.05, 4.69) is 10.1 Å². The van der Waals surface area contributed by atoms with Crippen molar-refractivity contribution in [2.75, 3.05) is 0 Å². The summed E-state index contributed by atoms with van der Waals surface area (Å²) in [4.78, 5) is 27.9. The second-order valence-electron chi connectivity index (χ2n) is 4.87. The number of hydrogen-bond acceptors (Lipinski definition) is 4. The second-order valence-corrected chi connectivity index (χ2v) is 5.30. The normalized spacial score (nSPS) is 23.1. The highest BCUT2D eigenvalue weighted by atomic mass is 35.5. The van der Waals surface area contributed by atoms with Crippen LogP contribution in [0.15, 0.2) is 36.9 Å². The number of nitrogens with zero attached hydrogens (tertiary/aromatic N) is 3. The van der Waals surface area contributed by atoms with Gasteiger partial charge in [0.1, 0.15) is 24.5 Å². The summed E-state index contributed by atoms with van der Waals surface area (Å²) in [6, 6.07) is 6.77. The van der Waals surface area contributed by atoms with Gasteiger partial charge >= 0.3 is 0 Å². The maximum Gasteiger partial charge on any atom is 0.165 e. The van der Waals surface area contributed by atoms with Crippen molar-refractivity contribution in [2.45, 2.75) is 24.8 Å². The number of ketones is 2. The molecule has 0 N–H and O–H groups in total. The van der Waals surface area contributed by atoms with Gasteiger partial charge in [-0.05, 0) is 17.7 Å². The van der Waals surface area contributed by atoms with Gasteiger partial charge in [-0.3, -0.25) is 9.59 Å². The van der Waals surface area contributed by atoms with Gasteiger partial charge in [-0.15, -0.1) is 0 Å². The molecule has 1 aliphatic rings. The monoisotopic (exact) mass is 289 g/mol. The topological polar surface area (TPSA) is 64.8 Å². The molecule has 0 amide bonds. The van der Waals surface area contributed by atoms with Crippen LogP contribution in [0.1, 0.15) is 30.4 Å². The van der Waals surface area contributed by atoms with E-state index in [-0.39, 0.29) is 23.9 Å². The molecule has 2 aromatic rings. The molecule has 1 saturated carbocycles. The first-order valence-corrected chi connectivity index (χ1v) is 6.67. The van der Waals surface area contributed by atoms with Crippen molar-refractivity contribution in [3.8, 4) is 0 Å². The van der Waals surface area contributed by atoms with Crippen molar-refractivity contribution in [3.05, 3.63) is 47.5 Å². The average molecular weight is 290 g/mol. The fraction of sp³-hybridized carbons (Fsp3) is 0.286. The van der Waals surface area contributed by atoms with E-state index in [4.69, 9.17) is 11.6 Å². The molecule has 0 unspecified atom stereocenters. The van der Waals surface area contributed by atoms with E-state index in [0.29, 0.717) is 11.4 Å². The number of hydrogen-bond donors (Lipinski definition) is 0. The van der Waals surface area contributed by atoms with Crippen LogP contribution in [0.2, 0.25) is 5.02 Å². The maximum atomic E-state index is 12.2. The number of halogens is 1. The Morgan fingerprint density at radius 1 is 1.30 bits per heavy atom. The minimum Gasteiger partial charge on any atom is -0.299 e. The van der Waals surface area contributed by atoms with Gasteiger partial charge in [0.25, 0.3) is 0 Å². The Bertz CT molecular complexity index is 654. The number of aromatic nitrogens is 3. The standard InChI is InChI=1S/C14H12ClN3O2/c15-10-3-1-2-9(4-10)12-5-11(19)6-13(20)14(12)18-8-16-7-17-18/h1-4,7-8,12,14H,5-6H2/t12-,14-/m0/s1. The smallest absolute Gasteiger partial charge is 0.165 e. The van der Waals surface area contributed by atoms with Crippen LogP contribution in [0, 0.1) is 0 Å². The third-order valence-corrected chi connectivity index (χ3v) is 3.76. The molecule has 0 spiro atoms. The first-order chi connectivity index (χ1) is 9.65. The molecule has 1 aromatic heterocycles. The molecule has 5 nitrogen and oxygen atoms in total. The Kier molecular flexibility index (Phi) is 3.36. The van der Waals surface area contributed by atoms with Gasteiger partial charge in [-0.1, -0.05) is 23.7 Å². The molecule has 102 valence electrons. The molecule has 1 aromatic carbocycles. The fourth-order valence-corrected chi connectivity index (χ4v) is 2.88. The van der Waals surface area contributed by atoms with Crippen molar-refractivity contribution in [2.24, 2.45) is 0 Å². The molecule has 6 heteroatoms. The van der Waals surface area contributed by atoms with E-state index < -0.39 is 6.04 Å². The highest BCUT2D eigenvalue weighted by molar-refractivity contribution is 6.30. The van der Waals surface area contributed by atoms with E-state index in [0.717, 1.165) is 5.56 Å². The molecule has 1 heterocycles. The van der Waals surface area contributed by atoms with Crippen molar-refractivity contribution >= 4 is 23.2 Å². The second kappa shape index (κ2) is 5.17. The molecule has 0 saturated heterocycles. The van der Waals surface area contributed by atoms with Crippen LogP contribution in [0.4, 0.5) is 0 Å². The molecule has 1 aliphatic carbocycles. The largest absolute Gasteiger partial charge is 0.299 e. The van der Waals surface area contributed by atoms with Gasteiger partial charge < -0.3 is 0 Å². The van der Waals surface area contributed by atoms with E-state index >= 15 is 0 Å². The molecule has 0 aliphatic heterocycles. The Morgan fingerprint density at radius 3 is 2.85 bits per heavy atom. The summed E-state index contributed by atoms with van der Waals surface area (Å²) in [5.74, 6) is -0.419. The predicted octanol–water partition coefficient (Wildman–Crippen LogP) is 2.19. The van der Waals surface area contributed by atoms with Gasteiger partial charge in [-0.25, -0.2) is 9.67 Å². The Labute approximate surface area is 120 Å². The van der Waals surface area contributed by atoms with E-state index in [1.54, 1.807) is 12.1 Å². The molecular formula is C14H12ClN3O2. The fourth-order valence-electron chi connectivity index (χ4n) is 2.68. The van der Waals surface area contributed by atoms with Crippen LogP contribution in [0.5, 0.6) is 0 Å². The Morgan fingerprint density at radius 2 is 2.15 bits per heavy atom. The molecule has 1 fully saturated rings. The summed E-state index contributed by atoms with van der Waals surface area (Å²) in [6.07, 6.45) is 3.17. The SMILES string of the molecule is O=C1CC(=O)[C@@H](n2cncn2)[C@H](c2cccc(Cl)c2)C1. The highest BCUT2D eigenvalue weighted by Gasteiger charge is 2.38. The van der Waals surface area contributed by atoms with E-state index in [1.807, 2.05) is 12.1 Å². The minimum atomic E-state index is -0.492. The van der Waals surface area contributed by atoms with Gasteiger partial charge in [0.2, 0.25) is 0 Å². The van der Waals surface area contributed by atoms with Crippen molar-refractivity contribution < 1.29 is 9.59 Å².